The van der Waals surface area contributed by atoms with Crippen molar-refractivity contribution >= 4 is 23.2 Å². The van der Waals surface area contributed by atoms with E-state index in [0.717, 1.165) is 19.3 Å². The van der Waals surface area contributed by atoms with Gasteiger partial charge < -0.3 is 20.1 Å². The van der Waals surface area contributed by atoms with Gasteiger partial charge >= 0.3 is 0 Å². The maximum Gasteiger partial charge on any atom is 0.265 e. The SMILES string of the molecule is COCCNC(=O)CCNC(=O)c1sc2c(c1OC)CCCC2. The first-order valence-corrected chi connectivity index (χ1v) is 8.71. The highest BCUT2D eigenvalue weighted by Crippen LogP contribution is 2.39. The predicted octanol–water partition coefficient (Wildman–Crippen LogP) is 1.52. The second-order valence-corrected chi connectivity index (χ2v) is 6.53. The molecule has 0 fully saturated rings. The molecule has 0 spiro atoms. The number of carbonyl (C=O) groups is 2. The fraction of sp³-hybridized carbons (Fsp3) is 0.625. The van der Waals surface area contributed by atoms with Gasteiger partial charge in [0.25, 0.3) is 5.91 Å². The lowest BCUT2D eigenvalue weighted by atomic mass is 9.98. The van der Waals surface area contributed by atoms with Crippen molar-refractivity contribution in [3.63, 3.8) is 0 Å². The molecular formula is C16H24N2O4S. The molecule has 1 aliphatic rings. The number of methoxy groups -OCH3 is 2. The predicted molar refractivity (Wildman–Crippen MR) is 89.3 cm³/mol. The monoisotopic (exact) mass is 340 g/mol. The number of carbonyl (C=O) groups excluding carboxylic acids is 2. The normalized spacial score (nSPS) is 13.3. The zero-order valence-corrected chi connectivity index (χ0v) is 14.5. The van der Waals surface area contributed by atoms with Crippen molar-refractivity contribution in [3.05, 3.63) is 15.3 Å². The Bertz CT molecular complexity index is 557. The van der Waals surface area contributed by atoms with Crippen LogP contribution in [-0.4, -0.2) is 45.7 Å². The standard InChI is InChI=1S/C16H24N2O4S/c1-21-10-9-17-13(19)7-8-18-16(20)15-14(22-2)11-5-3-4-6-12(11)23-15/h3-10H2,1-2H3,(H,17,19)(H,18,20). The number of hydrogen-bond donors (Lipinski definition) is 2. The molecule has 0 saturated carbocycles. The van der Waals surface area contributed by atoms with E-state index in [9.17, 15) is 9.59 Å². The van der Waals surface area contributed by atoms with Gasteiger partial charge in [-0.25, -0.2) is 0 Å². The third-order valence-electron chi connectivity index (χ3n) is 3.80. The van der Waals surface area contributed by atoms with Crippen molar-refractivity contribution in [1.82, 2.24) is 10.6 Å². The van der Waals surface area contributed by atoms with Gasteiger partial charge in [-0.05, 0) is 25.7 Å². The van der Waals surface area contributed by atoms with E-state index in [1.165, 1.54) is 28.2 Å². The van der Waals surface area contributed by atoms with Gasteiger partial charge in [-0.3, -0.25) is 9.59 Å². The highest BCUT2D eigenvalue weighted by Gasteiger charge is 2.25. The van der Waals surface area contributed by atoms with Crippen LogP contribution in [0.1, 0.15) is 39.4 Å². The number of ether oxygens (including phenoxy) is 2. The molecule has 0 aromatic carbocycles. The first kappa shape index (κ1) is 17.7. The van der Waals surface area contributed by atoms with E-state index in [4.69, 9.17) is 9.47 Å². The van der Waals surface area contributed by atoms with Crippen molar-refractivity contribution in [2.45, 2.75) is 32.1 Å². The van der Waals surface area contributed by atoms with Crippen molar-refractivity contribution < 1.29 is 19.1 Å². The minimum absolute atomic E-state index is 0.0974. The highest BCUT2D eigenvalue weighted by molar-refractivity contribution is 7.14. The summed E-state index contributed by atoms with van der Waals surface area (Å²) in [4.78, 5) is 25.8. The van der Waals surface area contributed by atoms with Gasteiger partial charge in [-0.15, -0.1) is 11.3 Å². The third kappa shape index (κ3) is 4.68. The average molecular weight is 340 g/mol. The largest absolute Gasteiger partial charge is 0.495 e. The summed E-state index contributed by atoms with van der Waals surface area (Å²) < 4.78 is 10.3. The zero-order chi connectivity index (χ0) is 16.7. The lowest BCUT2D eigenvalue weighted by molar-refractivity contribution is -0.121. The van der Waals surface area contributed by atoms with E-state index in [1.54, 1.807) is 14.2 Å². The van der Waals surface area contributed by atoms with Crippen LogP contribution in [0.5, 0.6) is 5.75 Å². The molecule has 0 bridgehead atoms. The number of amides is 2. The van der Waals surface area contributed by atoms with Crippen molar-refractivity contribution in [3.8, 4) is 5.75 Å². The van der Waals surface area contributed by atoms with Crippen molar-refractivity contribution in [1.29, 1.82) is 0 Å². The summed E-state index contributed by atoms with van der Waals surface area (Å²) in [6, 6.07) is 0. The Kier molecular flexibility index (Phi) is 6.85. The van der Waals surface area contributed by atoms with Crippen LogP contribution in [0.2, 0.25) is 0 Å². The maximum atomic E-state index is 12.4. The summed E-state index contributed by atoms with van der Waals surface area (Å²) in [6.45, 7) is 1.27. The fourth-order valence-corrected chi connectivity index (χ4v) is 3.93. The lowest BCUT2D eigenvalue weighted by Gasteiger charge is -2.11. The minimum atomic E-state index is -0.161. The maximum absolute atomic E-state index is 12.4. The Morgan fingerprint density at radius 3 is 2.65 bits per heavy atom. The first-order valence-electron chi connectivity index (χ1n) is 7.89. The molecular weight excluding hydrogens is 316 g/mol. The number of thiophene rings is 1. The molecule has 7 heteroatoms. The Balaban J connectivity index is 1.86. The fourth-order valence-electron chi connectivity index (χ4n) is 2.65. The first-order chi connectivity index (χ1) is 11.2. The molecule has 0 radical (unpaired) electrons. The molecule has 23 heavy (non-hydrogen) atoms. The summed E-state index contributed by atoms with van der Waals surface area (Å²) in [5.74, 6) is 0.456. The van der Waals surface area contributed by atoms with Crippen molar-refractivity contribution in [2.24, 2.45) is 0 Å². The van der Waals surface area contributed by atoms with Crippen molar-refractivity contribution in [2.75, 3.05) is 33.9 Å². The smallest absolute Gasteiger partial charge is 0.265 e. The van der Waals surface area contributed by atoms with Crippen LogP contribution >= 0.6 is 11.3 Å². The molecule has 2 rings (SSSR count). The van der Waals surface area contributed by atoms with Crippen LogP contribution in [0.3, 0.4) is 0 Å². The Morgan fingerprint density at radius 1 is 1.13 bits per heavy atom. The number of aryl methyl sites for hydroxylation is 1. The van der Waals surface area contributed by atoms with Crippen LogP contribution in [-0.2, 0) is 22.4 Å². The summed E-state index contributed by atoms with van der Waals surface area (Å²) in [5.41, 5.74) is 1.19. The molecule has 1 aromatic rings. The molecule has 2 amide bonds. The van der Waals surface area contributed by atoms with E-state index >= 15 is 0 Å². The summed E-state index contributed by atoms with van der Waals surface area (Å²) in [7, 11) is 3.19. The molecule has 1 aromatic heterocycles. The molecule has 1 heterocycles. The molecule has 0 unspecified atom stereocenters. The topological polar surface area (TPSA) is 76.7 Å². The molecule has 2 N–H and O–H groups in total. The Morgan fingerprint density at radius 2 is 1.91 bits per heavy atom. The molecule has 128 valence electrons. The number of rotatable bonds is 8. The van der Waals surface area contributed by atoms with Crippen LogP contribution < -0.4 is 15.4 Å². The highest BCUT2D eigenvalue weighted by atomic mass is 32.1. The van der Waals surface area contributed by atoms with Gasteiger partial charge in [0.2, 0.25) is 5.91 Å². The minimum Gasteiger partial charge on any atom is -0.495 e. The van der Waals surface area contributed by atoms with Gasteiger partial charge in [0, 0.05) is 37.1 Å². The van der Waals surface area contributed by atoms with Gasteiger partial charge in [-0.2, -0.15) is 0 Å². The molecule has 0 atom stereocenters. The average Bonchev–Trinajstić information content (AvgIpc) is 2.93. The van der Waals surface area contributed by atoms with Crippen LogP contribution in [0, 0.1) is 0 Å². The van der Waals surface area contributed by atoms with E-state index < -0.39 is 0 Å². The van der Waals surface area contributed by atoms with Gasteiger partial charge in [0.15, 0.2) is 0 Å². The Labute approximate surface area is 140 Å². The summed E-state index contributed by atoms with van der Waals surface area (Å²) in [6.07, 6.45) is 4.56. The third-order valence-corrected chi connectivity index (χ3v) is 5.07. The molecule has 1 aliphatic carbocycles. The zero-order valence-electron chi connectivity index (χ0n) is 13.7. The second-order valence-electron chi connectivity index (χ2n) is 5.42. The molecule has 0 saturated heterocycles. The van der Waals surface area contributed by atoms with Gasteiger partial charge in [-0.1, -0.05) is 0 Å². The second kappa shape index (κ2) is 8.88. The lowest BCUT2D eigenvalue weighted by Crippen LogP contribution is -2.32. The van der Waals surface area contributed by atoms with Gasteiger partial charge in [0.05, 0.1) is 13.7 Å². The van der Waals surface area contributed by atoms with Crippen LogP contribution in [0.4, 0.5) is 0 Å². The van der Waals surface area contributed by atoms with E-state index in [-0.39, 0.29) is 18.2 Å². The van der Waals surface area contributed by atoms with E-state index in [1.807, 2.05) is 0 Å². The summed E-state index contributed by atoms with van der Waals surface area (Å²) in [5, 5.41) is 5.53. The number of hydrogen-bond acceptors (Lipinski definition) is 5. The number of fused-ring (bicyclic) bond motifs is 1. The molecule has 0 aliphatic heterocycles. The van der Waals surface area contributed by atoms with Crippen LogP contribution in [0.15, 0.2) is 0 Å². The van der Waals surface area contributed by atoms with Gasteiger partial charge in [0.1, 0.15) is 10.6 Å². The number of nitrogens with one attached hydrogen (secondary N) is 2. The molecule has 6 nitrogen and oxygen atoms in total. The Hall–Kier alpha value is -1.60. The quantitative estimate of drug-likeness (QED) is 0.704. The van der Waals surface area contributed by atoms with E-state index in [0.29, 0.717) is 30.3 Å². The van der Waals surface area contributed by atoms with E-state index in [2.05, 4.69) is 10.6 Å². The summed E-state index contributed by atoms with van der Waals surface area (Å²) >= 11 is 1.52. The van der Waals surface area contributed by atoms with Crippen LogP contribution in [0.25, 0.3) is 0 Å².